The second-order valence-electron chi connectivity index (χ2n) is 8.29. The predicted octanol–water partition coefficient (Wildman–Crippen LogP) is 5.43. The summed E-state index contributed by atoms with van der Waals surface area (Å²) in [4.78, 5) is 17.6. The Bertz CT molecular complexity index is 1140. The van der Waals surface area contributed by atoms with Crippen molar-refractivity contribution >= 4 is 23.1 Å². The van der Waals surface area contributed by atoms with Gasteiger partial charge in [-0.25, -0.2) is 4.98 Å². The third-order valence-electron chi connectivity index (χ3n) is 5.82. The molecule has 1 saturated carbocycles. The molecule has 1 aliphatic carbocycles. The van der Waals surface area contributed by atoms with Crippen molar-refractivity contribution in [3.63, 3.8) is 0 Å². The molecule has 32 heavy (non-hydrogen) atoms. The Morgan fingerprint density at radius 3 is 2.62 bits per heavy atom. The molecule has 1 atom stereocenters. The van der Waals surface area contributed by atoms with Gasteiger partial charge in [-0.1, -0.05) is 41.9 Å². The first kappa shape index (κ1) is 22.4. The van der Waals surface area contributed by atoms with E-state index in [4.69, 9.17) is 21.1 Å². The fourth-order valence-corrected chi connectivity index (χ4v) is 4.06. The van der Waals surface area contributed by atoms with Gasteiger partial charge in [-0.05, 0) is 61.4 Å². The molecule has 168 valence electrons. The van der Waals surface area contributed by atoms with Gasteiger partial charge in [-0.15, -0.1) is 0 Å². The van der Waals surface area contributed by atoms with Crippen LogP contribution >= 0.6 is 11.6 Å². The number of rotatable bonds is 9. The van der Waals surface area contributed by atoms with Crippen LogP contribution in [0.4, 0.5) is 11.5 Å². The summed E-state index contributed by atoms with van der Waals surface area (Å²) in [6.07, 6.45) is 3.77. The number of hydrogen-bond acceptors (Lipinski definition) is 5. The Hall–Kier alpha value is -2.83. The Labute approximate surface area is 193 Å². The molecule has 0 unspecified atom stereocenters. The quantitative estimate of drug-likeness (QED) is 0.467. The molecule has 3 aromatic rings. The van der Waals surface area contributed by atoms with Crippen molar-refractivity contribution in [3.8, 4) is 5.75 Å². The lowest BCUT2D eigenvalue weighted by molar-refractivity contribution is 0.0820. The fraction of sp³-hybridized carbons (Fsp3) is 0.360. The maximum absolute atomic E-state index is 13.4. The molecule has 0 amide bonds. The third kappa shape index (κ3) is 5.14. The number of nitrogens with zero attached hydrogens (tertiary/aromatic N) is 2. The first-order valence-corrected chi connectivity index (χ1v) is 11.2. The molecule has 4 rings (SSSR count). The smallest absolute Gasteiger partial charge is 0.294 e. The highest BCUT2D eigenvalue weighted by Gasteiger charge is 2.34. The van der Waals surface area contributed by atoms with Crippen molar-refractivity contribution in [1.29, 1.82) is 0 Å². The minimum absolute atomic E-state index is 0.0778. The number of aromatic nitrogens is 2. The van der Waals surface area contributed by atoms with Gasteiger partial charge in [0.2, 0.25) is 0 Å². The van der Waals surface area contributed by atoms with E-state index in [9.17, 15) is 4.79 Å². The molecular formula is C25H28ClN3O3. The number of hydrogen-bond donors (Lipinski definition) is 1. The summed E-state index contributed by atoms with van der Waals surface area (Å²) in [5.74, 6) is 1.41. The van der Waals surface area contributed by atoms with E-state index in [2.05, 4.69) is 10.3 Å². The van der Waals surface area contributed by atoms with Crippen LogP contribution < -0.4 is 15.6 Å². The normalized spacial score (nSPS) is 14.2. The maximum atomic E-state index is 13.4. The monoisotopic (exact) mass is 453 g/mol. The molecule has 0 spiro atoms. The summed E-state index contributed by atoms with van der Waals surface area (Å²) in [5.41, 5.74) is 3.61. The fourth-order valence-electron chi connectivity index (χ4n) is 3.88. The summed E-state index contributed by atoms with van der Waals surface area (Å²) in [5, 5.41) is 3.45. The molecule has 0 radical (unpaired) electrons. The van der Waals surface area contributed by atoms with E-state index in [-0.39, 0.29) is 22.6 Å². The van der Waals surface area contributed by atoms with Crippen molar-refractivity contribution in [2.24, 2.45) is 5.92 Å². The van der Waals surface area contributed by atoms with Crippen LogP contribution in [0.2, 0.25) is 5.15 Å². The molecule has 6 nitrogen and oxygen atoms in total. The topological polar surface area (TPSA) is 65.4 Å². The zero-order valence-electron chi connectivity index (χ0n) is 18.6. The predicted molar refractivity (Wildman–Crippen MR) is 127 cm³/mol. The molecule has 2 aromatic carbocycles. The molecule has 1 fully saturated rings. The number of anilines is 2. The molecule has 0 saturated heterocycles. The number of halogens is 1. The van der Waals surface area contributed by atoms with Crippen LogP contribution in [-0.4, -0.2) is 23.3 Å². The van der Waals surface area contributed by atoms with E-state index in [0.29, 0.717) is 19.1 Å². The van der Waals surface area contributed by atoms with Crippen LogP contribution in [0, 0.1) is 19.8 Å². The van der Waals surface area contributed by atoms with E-state index in [1.807, 2.05) is 56.3 Å². The lowest BCUT2D eigenvalue weighted by Crippen LogP contribution is -2.31. The summed E-state index contributed by atoms with van der Waals surface area (Å²) in [7, 11) is 1.64. The minimum atomic E-state index is -0.206. The van der Waals surface area contributed by atoms with Gasteiger partial charge >= 0.3 is 0 Å². The highest BCUT2D eigenvalue weighted by Crippen LogP contribution is 2.40. The second kappa shape index (κ2) is 9.76. The molecule has 0 aliphatic heterocycles. The number of aryl methyl sites for hydroxylation is 2. The van der Waals surface area contributed by atoms with E-state index in [1.54, 1.807) is 17.9 Å². The van der Waals surface area contributed by atoms with Gasteiger partial charge in [-0.3, -0.25) is 4.79 Å². The van der Waals surface area contributed by atoms with Gasteiger partial charge in [0.25, 0.3) is 5.56 Å². The molecular weight excluding hydrogens is 426 g/mol. The molecule has 1 N–H and O–H groups in total. The summed E-state index contributed by atoms with van der Waals surface area (Å²) >= 11 is 6.33. The van der Waals surface area contributed by atoms with E-state index in [0.717, 1.165) is 41.0 Å². The summed E-state index contributed by atoms with van der Waals surface area (Å²) in [6, 6.07) is 13.8. The largest absolute Gasteiger partial charge is 0.496 e. The van der Waals surface area contributed by atoms with E-state index in [1.165, 1.54) is 0 Å². The third-order valence-corrected chi connectivity index (χ3v) is 6.00. The van der Waals surface area contributed by atoms with Crippen molar-refractivity contribution in [1.82, 2.24) is 9.55 Å². The standard InChI is InChI=1S/C25H28ClN3O3/c1-16-12-22(31-3)17(2)11-20(16)27-24-25(30)29(13-23(26)28-24)21(19-9-10-19)15-32-14-18-7-5-4-6-8-18/h4-8,11-13,19,21H,9-10,14-15H2,1-3H3,(H,27,28)/t21-/m0/s1. The van der Waals surface area contributed by atoms with Gasteiger partial charge in [0.1, 0.15) is 10.9 Å². The average molecular weight is 454 g/mol. The van der Waals surface area contributed by atoms with Crippen LogP contribution in [0.3, 0.4) is 0 Å². The molecule has 0 bridgehead atoms. The first-order chi connectivity index (χ1) is 15.5. The minimum Gasteiger partial charge on any atom is -0.496 e. The average Bonchev–Trinajstić information content (AvgIpc) is 3.62. The SMILES string of the molecule is COc1cc(C)c(Nc2nc(Cl)cn([C@@H](COCc3ccccc3)C3CC3)c2=O)cc1C. The second-order valence-corrected chi connectivity index (χ2v) is 8.68. The van der Waals surface area contributed by atoms with Gasteiger partial charge in [0.05, 0.1) is 26.4 Å². The maximum Gasteiger partial charge on any atom is 0.294 e. The van der Waals surface area contributed by atoms with Gasteiger partial charge in [-0.2, -0.15) is 0 Å². The Morgan fingerprint density at radius 1 is 1.19 bits per heavy atom. The van der Waals surface area contributed by atoms with Crippen molar-refractivity contribution < 1.29 is 9.47 Å². The van der Waals surface area contributed by atoms with Crippen molar-refractivity contribution in [2.75, 3.05) is 19.0 Å². The van der Waals surface area contributed by atoms with Crippen LogP contribution in [0.5, 0.6) is 5.75 Å². The van der Waals surface area contributed by atoms with Crippen LogP contribution in [0.15, 0.2) is 53.5 Å². The van der Waals surface area contributed by atoms with Gasteiger partial charge < -0.3 is 19.4 Å². The van der Waals surface area contributed by atoms with Crippen LogP contribution in [-0.2, 0) is 11.3 Å². The van der Waals surface area contributed by atoms with Crippen molar-refractivity contribution in [2.45, 2.75) is 39.3 Å². The summed E-state index contributed by atoms with van der Waals surface area (Å²) in [6.45, 7) is 4.87. The molecule has 1 aromatic heterocycles. The van der Waals surface area contributed by atoms with Crippen LogP contribution in [0.1, 0.15) is 35.6 Å². The zero-order valence-corrected chi connectivity index (χ0v) is 19.4. The Morgan fingerprint density at radius 2 is 1.94 bits per heavy atom. The molecule has 7 heteroatoms. The van der Waals surface area contributed by atoms with Gasteiger partial charge in [0.15, 0.2) is 5.82 Å². The van der Waals surface area contributed by atoms with Crippen LogP contribution in [0.25, 0.3) is 0 Å². The highest BCUT2D eigenvalue weighted by molar-refractivity contribution is 6.29. The number of methoxy groups -OCH3 is 1. The summed E-state index contributed by atoms with van der Waals surface area (Å²) < 4.78 is 13.1. The van der Waals surface area contributed by atoms with E-state index >= 15 is 0 Å². The zero-order chi connectivity index (χ0) is 22.7. The molecule has 1 aliphatic rings. The lowest BCUT2D eigenvalue weighted by atomic mass is 10.1. The molecule has 1 heterocycles. The first-order valence-electron chi connectivity index (χ1n) is 10.8. The van der Waals surface area contributed by atoms with Crippen molar-refractivity contribution in [3.05, 3.63) is 80.9 Å². The van der Waals surface area contributed by atoms with Gasteiger partial charge in [0, 0.05) is 11.9 Å². The van der Waals surface area contributed by atoms with E-state index < -0.39 is 0 Å². The Kier molecular flexibility index (Phi) is 6.82. The number of nitrogens with one attached hydrogen (secondary N) is 1. The highest BCUT2D eigenvalue weighted by atomic mass is 35.5. The number of ether oxygens (including phenoxy) is 2. The number of benzene rings is 2. The Balaban J connectivity index is 1.58. The lowest BCUT2D eigenvalue weighted by Gasteiger charge is -2.21.